The normalized spacial score (nSPS) is 23.1. The fraction of sp³-hybridized carbons (Fsp3) is 0.533. The van der Waals surface area contributed by atoms with Gasteiger partial charge in [-0.1, -0.05) is 37.4 Å². The van der Waals surface area contributed by atoms with Gasteiger partial charge in [0.25, 0.3) is 5.91 Å². The Morgan fingerprint density at radius 3 is 3.00 bits per heavy atom. The maximum atomic E-state index is 12.1. The van der Waals surface area contributed by atoms with Crippen LogP contribution in [0.3, 0.4) is 0 Å². The fourth-order valence-corrected chi connectivity index (χ4v) is 3.01. The molecule has 3 nitrogen and oxygen atoms in total. The fourth-order valence-electron chi connectivity index (χ4n) is 2.80. The molecule has 2 atom stereocenters. The molecule has 0 aromatic heterocycles. The summed E-state index contributed by atoms with van der Waals surface area (Å²) in [6, 6.07) is 5.15. The summed E-state index contributed by atoms with van der Waals surface area (Å²) in [5, 5.41) is 3.32. The van der Waals surface area contributed by atoms with Gasteiger partial charge >= 0.3 is 0 Å². The van der Waals surface area contributed by atoms with Crippen LogP contribution in [-0.4, -0.2) is 12.5 Å². The summed E-state index contributed by atoms with van der Waals surface area (Å²) in [6.07, 6.45) is 4.98. The Labute approximate surface area is 119 Å². The van der Waals surface area contributed by atoms with Crippen LogP contribution in [0, 0.1) is 11.8 Å². The van der Waals surface area contributed by atoms with Crippen molar-refractivity contribution in [2.24, 2.45) is 11.8 Å². The lowest BCUT2D eigenvalue weighted by molar-refractivity contribution is 0.0941. The SMILES string of the molecule is CC1CCCC(CNC(=O)c2cccc(N)c2Cl)C1. The second-order valence-electron chi connectivity index (χ2n) is 5.56. The van der Waals surface area contributed by atoms with Gasteiger partial charge in [-0.25, -0.2) is 0 Å². The van der Waals surface area contributed by atoms with Crippen molar-refractivity contribution < 1.29 is 4.79 Å². The summed E-state index contributed by atoms with van der Waals surface area (Å²) in [5.74, 6) is 1.23. The molecule has 0 bridgehead atoms. The number of carbonyl (C=O) groups is 1. The number of amides is 1. The highest BCUT2D eigenvalue weighted by molar-refractivity contribution is 6.36. The van der Waals surface area contributed by atoms with E-state index in [0.717, 1.165) is 12.5 Å². The minimum absolute atomic E-state index is 0.129. The van der Waals surface area contributed by atoms with Gasteiger partial charge in [0.15, 0.2) is 0 Å². The highest BCUT2D eigenvalue weighted by atomic mass is 35.5. The van der Waals surface area contributed by atoms with Crippen LogP contribution in [0.5, 0.6) is 0 Å². The van der Waals surface area contributed by atoms with Crippen LogP contribution in [0.15, 0.2) is 18.2 Å². The Balaban J connectivity index is 1.92. The molecule has 0 heterocycles. The van der Waals surface area contributed by atoms with Gasteiger partial charge < -0.3 is 11.1 Å². The van der Waals surface area contributed by atoms with E-state index >= 15 is 0 Å². The van der Waals surface area contributed by atoms with Crippen molar-refractivity contribution in [1.82, 2.24) is 5.32 Å². The number of carbonyl (C=O) groups excluding carboxylic acids is 1. The summed E-state index contributed by atoms with van der Waals surface area (Å²) in [4.78, 5) is 12.1. The van der Waals surface area contributed by atoms with Crippen LogP contribution in [0.4, 0.5) is 5.69 Å². The van der Waals surface area contributed by atoms with Gasteiger partial charge in [-0.2, -0.15) is 0 Å². The van der Waals surface area contributed by atoms with E-state index in [1.54, 1.807) is 18.2 Å². The summed E-state index contributed by atoms with van der Waals surface area (Å²) in [7, 11) is 0. The van der Waals surface area contributed by atoms with E-state index in [0.29, 0.717) is 22.2 Å². The van der Waals surface area contributed by atoms with Crippen molar-refractivity contribution in [1.29, 1.82) is 0 Å². The van der Waals surface area contributed by atoms with Crippen molar-refractivity contribution >= 4 is 23.2 Å². The Bertz CT molecular complexity index is 461. The van der Waals surface area contributed by atoms with Gasteiger partial charge in [-0.05, 0) is 36.8 Å². The number of rotatable bonds is 3. The van der Waals surface area contributed by atoms with Crippen molar-refractivity contribution in [2.75, 3.05) is 12.3 Å². The van der Waals surface area contributed by atoms with Gasteiger partial charge in [0.05, 0.1) is 16.3 Å². The van der Waals surface area contributed by atoms with Gasteiger partial charge in [-0.15, -0.1) is 0 Å². The summed E-state index contributed by atoms with van der Waals surface area (Å²) in [6.45, 7) is 3.01. The third kappa shape index (κ3) is 3.63. The molecule has 2 unspecified atom stereocenters. The number of hydrogen-bond donors (Lipinski definition) is 2. The lowest BCUT2D eigenvalue weighted by atomic mass is 9.82. The molecule has 0 spiro atoms. The predicted octanol–water partition coefficient (Wildman–Crippen LogP) is 3.48. The number of nitrogens with one attached hydrogen (secondary N) is 1. The van der Waals surface area contributed by atoms with E-state index in [1.165, 1.54) is 25.7 Å². The van der Waals surface area contributed by atoms with Crippen molar-refractivity contribution in [3.63, 3.8) is 0 Å². The Hall–Kier alpha value is -1.22. The average Bonchev–Trinajstić information content (AvgIpc) is 2.39. The first-order valence-electron chi connectivity index (χ1n) is 6.90. The Morgan fingerprint density at radius 1 is 1.47 bits per heavy atom. The topological polar surface area (TPSA) is 55.1 Å². The molecular weight excluding hydrogens is 260 g/mol. The summed E-state index contributed by atoms with van der Waals surface area (Å²) in [5.41, 5.74) is 6.61. The quantitative estimate of drug-likeness (QED) is 0.833. The molecule has 1 aromatic rings. The number of benzene rings is 1. The van der Waals surface area contributed by atoms with E-state index in [9.17, 15) is 4.79 Å². The maximum absolute atomic E-state index is 12.1. The Morgan fingerprint density at radius 2 is 2.26 bits per heavy atom. The smallest absolute Gasteiger partial charge is 0.252 e. The maximum Gasteiger partial charge on any atom is 0.252 e. The van der Waals surface area contributed by atoms with Gasteiger partial charge in [-0.3, -0.25) is 4.79 Å². The van der Waals surface area contributed by atoms with Gasteiger partial charge in [0, 0.05) is 6.54 Å². The largest absolute Gasteiger partial charge is 0.398 e. The zero-order chi connectivity index (χ0) is 13.8. The standard InChI is InChI=1S/C15H21ClN2O/c1-10-4-2-5-11(8-10)9-18-15(19)12-6-3-7-13(17)14(12)16/h3,6-7,10-11H,2,4-5,8-9,17H2,1H3,(H,18,19). The molecule has 3 N–H and O–H groups in total. The second kappa shape index (κ2) is 6.29. The molecule has 104 valence electrons. The third-order valence-electron chi connectivity index (χ3n) is 3.87. The van der Waals surface area contributed by atoms with Crippen LogP contribution < -0.4 is 11.1 Å². The monoisotopic (exact) mass is 280 g/mol. The van der Waals surface area contributed by atoms with Crippen LogP contribution in [0.25, 0.3) is 0 Å². The molecule has 1 aliphatic rings. The second-order valence-corrected chi connectivity index (χ2v) is 5.93. The van der Waals surface area contributed by atoms with Crippen molar-refractivity contribution in [3.8, 4) is 0 Å². The number of anilines is 1. The molecular formula is C15H21ClN2O. The van der Waals surface area contributed by atoms with Crippen molar-refractivity contribution in [2.45, 2.75) is 32.6 Å². The molecule has 19 heavy (non-hydrogen) atoms. The number of nitrogen functional groups attached to an aromatic ring is 1. The van der Waals surface area contributed by atoms with E-state index in [1.807, 2.05) is 0 Å². The highest BCUT2D eigenvalue weighted by Gasteiger charge is 2.20. The lowest BCUT2D eigenvalue weighted by Gasteiger charge is -2.26. The molecule has 1 amide bonds. The minimum atomic E-state index is -0.129. The molecule has 2 rings (SSSR count). The Kier molecular flexibility index (Phi) is 4.70. The van der Waals surface area contributed by atoms with Gasteiger partial charge in [0.2, 0.25) is 0 Å². The van der Waals surface area contributed by atoms with E-state index in [2.05, 4.69) is 12.2 Å². The molecule has 0 aliphatic heterocycles. The average molecular weight is 281 g/mol. The van der Waals surface area contributed by atoms with Crippen LogP contribution in [0.2, 0.25) is 5.02 Å². The first kappa shape index (κ1) is 14.2. The molecule has 1 fully saturated rings. The first-order valence-corrected chi connectivity index (χ1v) is 7.28. The predicted molar refractivity (Wildman–Crippen MR) is 79.3 cm³/mol. The van der Waals surface area contributed by atoms with Crippen molar-refractivity contribution in [3.05, 3.63) is 28.8 Å². The van der Waals surface area contributed by atoms with Crippen LogP contribution in [-0.2, 0) is 0 Å². The summed E-state index contributed by atoms with van der Waals surface area (Å²) < 4.78 is 0. The van der Waals surface area contributed by atoms with E-state index in [4.69, 9.17) is 17.3 Å². The first-order chi connectivity index (χ1) is 9.08. The van der Waals surface area contributed by atoms with Crippen LogP contribution in [0.1, 0.15) is 43.0 Å². The number of halogens is 1. The molecule has 1 aromatic carbocycles. The molecule has 4 heteroatoms. The zero-order valence-corrected chi connectivity index (χ0v) is 12.0. The number of nitrogens with two attached hydrogens (primary N) is 1. The molecule has 0 radical (unpaired) electrons. The highest BCUT2D eigenvalue weighted by Crippen LogP contribution is 2.28. The van der Waals surface area contributed by atoms with E-state index in [-0.39, 0.29) is 5.91 Å². The van der Waals surface area contributed by atoms with Crippen LogP contribution >= 0.6 is 11.6 Å². The lowest BCUT2D eigenvalue weighted by Crippen LogP contribution is -2.31. The summed E-state index contributed by atoms with van der Waals surface area (Å²) >= 11 is 6.05. The molecule has 0 saturated heterocycles. The number of hydrogen-bond acceptors (Lipinski definition) is 2. The third-order valence-corrected chi connectivity index (χ3v) is 4.29. The molecule has 1 saturated carbocycles. The zero-order valence-electron chi connectivity index (χ0n) is 11.3. The van der Waals surface area contributed by atoms with E-state index < -0.39 is 0 Å². The molecule has 1 aliphatic carbocycles. The van der Waals surface area contributed by atoms with Gasteiger partial charge in [0.1, 0.15) is 0 Å². The minimum Gasteiger partial charge on any atom is -0.398 e.